The zero-order valence-corrected chi connectivity index (χ0v) is 15.5. The van der Waals surface area contributed by atoms with Crippen molar-refractivity contribution in [2.75, 3.05) is 6.61 Å². The van der Waals surface area contributed by atoms with Gasteiger partial charge in [-0.25, -0.2) is 0 Å². The Bertz CT molecular complexity index is 369. The number of allylic oxidation sites excluding steroid dienone is 5. The van der Waals surface area contributed by atoms with Crippen LogP contribution in [0.5, 0.6) is 0 Å². The molecule has 22 heavy (non-hydrogen) atoms. The Morgan fingerprint density at radius 3 is 2.14 bits per heavy atom. The Labute approximate surface area is 138 Å². The van der Waals surface area contributed by atoms with Crippen molar-refractivity contribution in [2.45, 2.75) is 79.9 Å². The lowest BCUT2D eigenvalue weighted by molar-refractivity contribution is -0.101. The first-order chi connectivity index (χ1) is 10.3. The zero-order valence-electron chi connectivity index (χ0n) is 15.5. The van der Waals surface area contributed by atoms with E-state index in [1.807, 2.05) is 0 Å². The average Bonchev–Trinajstić information content (AvgIpc) is 2.37. The Morgan fingerprint density at radius 2 is 1.55 bits per heavy atom. The molecule has 128 valence electrons. The summed E-state index contributed by atoms with van der Waals surface area (Å²) in [7, 11) is 0. The first-order valence-electron chi connectivity index (χ1n) is 8.53. The molecule has 1 N–H and O–H groups in total. The third kappa shape index (κ3) is 14.1. The van der Waals surface area contributed by atoms with Crippen molar-refractivity contribution in [3.05, 3.63) is 34.9 Å². The van der Waals surface area contributed by atoms with Gasteiger partial charge in [0.05, 0.1) is 6.61 Å². The summed E-state index contributed by atoms with van der Waals surface area (Å²) >= 11 is 0. The predicted molar refractivity (Wildman–Crippen MR) is 96.8 cm³/mol. The van der Waals surface area contributed by atoms with E-state index in [9.17, 15) is 5.11 Å². The van der Waals surface area contributed by atoms with E-state index in [1.165, 1.54) is 16.7 Å². The van der Waals surface area contributed by atoms with E-state index < -0.39 is 6.29 Å². The summed E-state index contributed by atoms with van der Waals surface area (Å²) in [5, 5.41) is 9.91. The van der Waals surface area contributed by atoms with Crippen LogP contribution in [0.2, 0.25) is 0 Å². The minimum Gasteiger partial charge on any atom is -0.368 e. The highest BCUT2D eigenvalue weighted by atomic mass is 16.6. The van der Waals surface area contributed by atoms with Crippen molar-refractivity contribution in [2.24, 2.45) is 5.92 Å². The van der Waals surface area contributed by atoms with Crippen LogP contribution in [0.1, 0.15) is 73.6 Å². The third-order valence-corrected chi connectivity index (χ3v) is 3.63. The minimum atomic E-state index is -0.650. The highest BCUT2D eigenvalue weighted by Crippen LogP contribution is 2.15. The van der Waals surface area contributed by atoms with Crippen LogP contribution in [0, 0.1) is 5.92 Å². The Balaban J connectivity index is 3.85. The number of ether oxygens (including phenoxy) is 1. The van der Waals surface area contributed by atoms with Gasteiger partial charge in [-0.05, 0) is 66.2 Å². The van der Waals surface area contributed by atoms with E-state index in [0.29, 0.717) is 18.9 Å². The maximum atomic E-state index is 9.91. The largest absolute Gasteiger partial charge is 0.368 e. The Kier molecular flexibility index (Phi) is 12.2. The second kappa shape index (κ2) is 12.7. The fourth-order valence-corrected chi connectivity index (χ4v) is 2.18. The molecule has 0 aliphatic carbocycles. The van der Waals surface area contributed by atoms with Gasteiger partial charge in [0.25, 0.3) is 0 Å². The van der Waals surface area contributed by atoms with Crippen LogP contribution in [0.4, 0.5) is 0 Å². The zero-order chi connectivity index (χ0) is 17.0. The van der Waals surface area contributed by atoms with Crippen LogP contribution < -0.4 is 0 Å². The topological polar surface area (TPSA) is 29.5 Å². The van der Waals surface area contributed by atoms with Gasteiger partial charge in [0.1, 0.15) is 0 Å². The molecule has 0 rings (SSSR count). The second-order valence-corrected chi connectivity index (χ2v) is 6.86. The van der Waals surface area contributed by atoms with Gasteiger partial charge in [0.2, 0.25) is 0 Å². The van der Waals surface area contributed by atoms with E-state index in [-0.39, 0.29) is 0 Å². The fourth-order valence-electron chi connectivity index (χ4n) is 2.18. The molecule has 0 saturated carbocycles. The van der Waals surface area contributed by atoms with Crippen LogP contribution in [0.3, 0.4) is 0 Å². The van der Waals surface area contributed by atoms with Crippen LogP contribution in [-0.4, -0.2) is 18.0 Å². The molecule has 0 aliphatic rings. The number of aliphatic hydroxyl groups is 1. The molecule has 0 aromatic rings. The van der Waals surface area contributed by atoms with Gasteiger partial charge in [-0.15, -0.1) is 0 Å². The number of hydrogen-bond acceptors (Lipinski definition) is 2. The van der Waals surface area contributed by atoms with Crippen LogP contribution in [0.25, 0.3) is 0 Å². The lowest BCUT2D eigenvalue weighted by Gasteiger charge is -2.16. The first kappa shape index (κ1) is 21.1. The van der Waals surface area contributed by atoms with E-state index >= 15 is 0 Å². The summed E-state index contributed by atoms with van der Waals surface area (Å²) in [6, 6.07) is 0. The molecule has 0 aromatic carbocycles. The number of aliphatic hydroxyl groups excluding tert-OH is 1. The molecule has 0 aliphatic heterocycles. The highest BCUT2D eigenvalue weighted by molar-refractivity contribution is 5.02. The molecule has 2 atom stereocenters. The maximum absolute atomic E-state index is 9.91. The van der Waals surface area contributed by atoms with Crippen molar-refractivity contribution >= 4 is 0 Å². The molecule has 0 fully saturated rings. The first-order valence-corrected chi connectivity index (χ1v) is 8.53. The standard InChI is InChI=1S/C20H36O2/c1-16(2)9-7-11-18(5)13-14-22-20(21)15-19(6)12-8-10-17(3)4/h9-10,13,19-21H,7-8,11-12,14-15H2,1-6H3/b18-13+/t19-,20?/m0/s1. The lowest BCUT2D eigenvalue weighted by atomic mass is 10.0. The molecular weight excluding hydrogens is 272 g/mol. The SMILES string of the molecule is CC(C)=CCC/C(C)=C/COC(O)C[C@@H](C)CCC=C(C)C. The van der Waals surface area contributed by atoms with E-state index in [0.717, 1.165) is 25.7 Å². The van der Waals surface area contributed by atoms with Crippen molar-refractivity contribution in [3.8, 4) is 0 Å². The number of rotatable bonds is 11. The van der Waals surface area contributed by atoms with E-state index in [1.54, 1.807) is 0 Å². The van der Waals surface area contributed by atoms with Gasteiger partial charge in [-0.3, -0.25) is 0 Å². The fraction of sp³-hybridized carbons (Fsp3) is 0.700. The average molecular weight is 309 g/mol. The molecule has 0 bridgehead atoms. The van der Waals surface area contributed by atoms with Crippen molar-refractivity contribution in [1.29, 1.82) is 0 Å². The van der Waals surface area contributed by atoms with Gasteiger partial charge in [-0.2, -0.15) is 0 Å². The normalized spacial score (nSPS) is 14.4. The summed E-state index contributed by atoms with van der Waals surface area (Å²) in [6.45, 7) is 13.3. The Morgan fingerprint density at radius 1 is 0.955 bits per heavy atom. The molecule has 2 nitrogen and oxygen atoms in total. The van der Waals surface area contributed by atoms with E-state index in [4.69, 9.17) is 4.74 Å². The summed E-state index contributed by atoms with van der Waals surface area (Å²) in [5.74, 6) is 0.480. The quantitative estimate of drug-likeness (QED) is 0.387. The molecule has 0 aromatic heterocycles. The van der Waals surface area contributed by atoms with Crippen molar-refractivity contribution < 1.29 is 9.84 Å². The maximum Gasteiger partial charge on any atom is 0.155 e. The minimum absolute atomic E-state index is 0.480. The second-order valence-electron chi connectivity index (χ2n) is 6.86. The molecular formula is C20H36O2. The van der Waals surface area contributed by atoms with Gasteiger partial charge in [-0.1, -0.05) is 41.9 Å². The summed E-state index contributed by atoms with van der Waals surface area (Å²) in [6.07, 6.45) is 11.0. The molecule has 0 heterocycles. The lowest BCUT2D eigenvalue weighted by Crippen LogP contribution is -2.16. The molecule has 0 spiro atoms. The van der Waals surface area contributed by atoms with Crippen molar-refractivity contribution in [3.63, 3.8) is 0 Å². The van der Waals surface area contributed by atoms with Crippen molar-refractivity contribution in [1.82, 2.24) is 0 Å². The summed E-state index contributed by atoms with van der Waals surface area (Å²) in [5.41, 5.74) is 4.04. The van der Waals surface area contributed by atoms with Crippen LogP contribution in [0.15, 0.2) is 34.9 Å². The monoisotopic (exact) mass is 308 g/mol. The molecule has 0 saturated heterocycles. The van der Waals surface area contributed by atoms with Crippen LogP contribution in [-0.2, 0) is 4.74 Å². The molecule has 0 radical (unpaired) electrons. The van der Waals surface area contributed by atoms with E-state index in [2.05, 4.69) is 59.8 Å². The van der Waals surface area contributed by atoms with Gasteiger partial charge >= 0.3 is 0 Å². The Hall–Kier alpha value is -0.860. The van der Waals surface area contributed by atoms with Crippen LogP contribution >= 0.6 is 0 Å². The smallest absolute Gasteiger partial charge is 0.155 e. The highest BCUT2D eigenvalue weighted by Gasteiger charge is 2.09. The van der Waals surface area contributed by atoms with Gasteiger partial charge in [0.15, 0.2) is 6.29 Å². The summed E-state index contributed by atoms with van der Waals surface area (Å²) in [4.78, 5) is 0. The number of hydrogen-bond donors (Lipinski definition) is 1. The predicted octanol–water partition coefficient (Wildman–Crippen LogP) is 5.79. The summed E-state index contributed by atoms with van der Waals surface area (Å²) < 4.78 is 5.49. The molecule has 2 heteroatoms. The van der Waals surface area contributed by atoms with Gasteiger partial charge < -0.3 is 9.84 Å². The third-order valence-electron chi connectivity index (χ3n) is 3.63. The molecule has 0 amide bonds. The molecule has 1 unspecified atom stereocenters. The van der Waals surface area contributed by atoms with Gasteiger partial charge in [0, 0.05) is 6.42 Å².